The smallest absolute Gasteiger partial charge is 0.419 e. The lowest BCUT2D eigenvalue weighted by atomic mass is 9.83. The second kappa shape index (κ2) is 17.1. The summed E-state index contributed by atoms with van der Waals surface area (Å²) in [5.74, 6) is 0.509. The fourth-order valence-electron chi connectivity index (χ4n) is 7.90. The fourth-order valence-corrected chi connectivity index (χ4v) is 8.22. The van der Waals surface area contributed by atoms with Crippen LogP contribution >= 0.6 is 11.6 Å². The highest BCUT2D eigenvalue weighted by atomic mass is 35.5. The third-order valence-corrected chi connectivity index (χ3v) is 11.1. The number of methoxy groups -OCH3 is 2. The number of anilines is 1. The first-order chi connectivity index (χ1) is 27.0. The standard InChI is InChI=1S/C41H45ClF3N7O4/c1-55-34-18-23(9-10-24(34)19-46-21-26-11-13-35(53)49-26)38-37(42)31(15-16-48-38)29-5-3-7-30-28(29)6-4-8-33(30)51-39-32(41(43,44)45)17-25(40(52-39)56-2)20-47-22-27-12-14-36(54)50-27/h3,5,7,9-10,15-18,26-27,33,46-47H,4,6,8,11-14,19-22H2,1-2H3,(H,49,53)(H,50,54)(H,51,52)/t26-,27+,33-/m0/s1. The van der Waals surface area contributed by atoms with Gasteiger partial charge in [-0.15, -0.1) is 0 Å². The zero-order chi connectivity index (χ0) is 39.4. The van der Waals surface area contributed by atoms with Gasteiger partial charge in [0.2, 0.25) is 17.7 Å². The summed E-state index contributed by atoms with van der Waals surface area (Å²) in [6.07, 6.45) is 1.54. The molecule has 2 amide bonds. The quantitative estimate of drug-likeness (QED) is 0.0942. The number of carbonyl (C=O) groups excluding carboxylic acids is 2. The first-order valence-electron chi connectivity index (χ1n) is 18.9. The third-order valence-electron chi connectivity index (χ3n) is 10.7. The van der Waals surface area contributed by atoms with Crippen LogP contribution in [0.5, 0.6) is 11.6 Å². The Balaban J connectivity index is 1.12. The normalized spacial score (nSPS) is 19.4. The van der Waals surface area contributed by atoms with Gasteiger partial charge in [-0.2, -0.15) is 18.2 Å². The molecule has 2 aromatic carbocycles. The highest BCUT2D eigenvalue weighted by molar-refractivity contribution is 6.35. The molecule has 7 rings (SSSR count). The molecule has 0 radical (unpaired) electrons. The van der Waals surface area contributed by atoms with Crippen molar-refractivity contribution in [3.05, 3.63) is 87.6 Å². The monoisotopic (exact) mass is 791 g/mol. The van der Waals surface area contributed by atoms with Crippen molar-refractivity contribution >= 4 is 29.2 Å². The predicted octanol–water partition coefficient (Wildman–Crippen LogP) is 6.73. The molecular weight excluding hydrogens is 747 g/mol. The molecule has 2 saturated heterocycles. The van der Waals surface area contributed by atoms with Crippen LogP contribution in [0.4, 0.5) is 19.0 Å². The summed E-state index contributed by atoms with van der Waals surface area (Å²) in [4.78, 5) is 32.1. The van der Waals surface area contributed by atoms with Gasteiger partial charge in [0.15, 0.2) is 0 Å². The minimum absolute atomic E-state index is 0.0307. The molecular formula is C41H45ClF3N7O4. The van der Waals surface area contributed by atoms with E-state index in [9.17, 15) is 22.8 Å². The summed E-state index contributed by atoms with van der Waals surface area (Å²) in [6.45, 7) is 1.72. The van der Waals surface area contributed by atoms with Gasteiger partial charge in [-0.05, 0) is 67.0 Å². The molecule has 4 heterocycles. The van der Waals surface area contributed by atoms with E-state index >= 15 is 0 Å². The number of fused-ring (bicyclic) bond motifs is 1. The van der Waals surface area contributed by atoms with Crippen LogP contribution in [-0.2, 0) is 35.3 Å². The summed E-state index contributed by atoms with van der Waals surface area (Å²) in [6, 6.07) is 14.2. The minimum atomic E-state index is -4.68. The van der Waals surface area contributed by atoms with Gasteiger partial charge in [0.1, 0.15) is 11.6 Å². The number of amides is 2. The molecule has 5 N–H and O–H groups in total. The Labute approximate surface area is 328 Å². The van der Waals surface area contributed by atoms with E-state index in [1.165, 1.54) is 7.11 Å². The maximum absolute atomic E-state index is 14.6. The third kappa shape index (κ3) is 8.72. The lowest BCUT2D eigenvalue weighted by Gasteiger charge is -2.30. The number of alkyl halides is 3. The summed E-state index contributed by atoms with van der Waals surface area (Å²) in [5.41, 5.74) is 5.20. The molecule has 15 heteroatoms. The lowest BCUT2D eigenvalue weighted by molar-refractivity contribution is -0.137. The van der Waals surface area contributed by atoms with E-state index in [0.29, 0.717) is 68.2 Å². The van der Waals surface area contributed by atoms with Crippen molar-refractivity contribution in [3.8, 4) is 34.0 Å². The van der Waals surface area contributed by atoms with Crippen LogP contribution in [0.1, 0.15) is 72.4 Å². The van der Waals surface area contributed by atoms with Crippen molar-refractivity contribution in [1.29, 1.82) is 0 Å². The number of rotatable bonds is 14. The predicted molar refractivity (Wildman–Crippen MR) is 208 cm³/mol. The van der Waals surface area contributed by atoms with Crippen molar-refractivity contribution in [3.63, 3.8) is 0 Å². The summed E-state index contributed by atoms with van der Waals surface area (Å²) in [7, 11) is 3.00. The molecule has 2 fully saturated rings. The van der Waals surface area contributed by atoms with E-state index in [1.807, 2.05) is 42.5 Å². The van der Waals surface area contributed by atoms with Crippen molar-refractivity contribution in [2.45, 2.75) is 82.3 Å². The largest absolute Gasteiger partial charge is 0.496 e. The lowest BCUT2D eigenvalue weighted by Crippen LogP contribution is -2.35. The van der Waals surface area contributed by atoms with E-state index < -0.39 is 17.8 Å². The van der Waals surface area contributed by atoms with Crippen LogP contribution in [0.2, 0.25) is 5.02 Å². The average Bonchev–Trinajstić information content (AvgIpc) is 3.81. The van der Waals surface area contributed by atoms with Crippen LogP contribution in [0, 0.1) is 0 Å². The van der Waals surface area contributed by atoms with Gasteiger partial charge in [0.05, 0.1) is 36.5 Å². The maximum atomic E-state index is 14.6. The maximum Gasteiger partial charge on any atom is 0.419 e. The van der Waals surface area contributed by atoms with Gasteiger partial charge in [-0.3, -0.25) is 14.6 Å². The molecule has 0 bridgehead atoms. The van der Waals surface area contributed by atoms with Gasteiger partial charge >= 0.3 is 6.18 Å². The second-order valence-electron chi connectivity index (χ2n) is 14.4. The number of pyridine rings is 2. The number of halogens is 4. The summed E-state index contributed by atoms with van der Waals surface area (Å²) >= 11 is 7.15. The van der Waals surface area contributed by atoms with Crippen molar-refractivity contribution in [2.24, 2.45) is 0 Å². The molecule has 3 atom stereocenters. The SMILES string of the molecule is COc1cc(-c2nccc(-c3cccc4c3CCC[C@@H]4Nc3nc(OC)c(CNC[C@H]4CCC(=O)N4)cc3C(F)(F)F)c2Cl)ccc1CNC[C@@H]1CCC(=O)N1. The molecule has 1 aliphatic carbocycles. The van der Waals surface area contributed by atoms with Crippen LogP contribution < -0.4 is 36.1 Å². The molecule has 11 nitrogen and oxygen atoms in total. The molecule has 2 aliphatic heterocycles. The summed E-state index contributed by atoms with van der Waals surface area (Å²) < 4.78 is 55.0. The van der Waals surface area contributed by atoms with Crippen LogP contribution in [0.3, 0.4) is 0 Å². The topological polar surface area (TPSA) is 139 Å². The molecule has 0 spiro atoms. The summed E-state index contributed by atoms with van der Waals surface area (Å²) in [5, 5.41) is 15.9. The highest BCUT2D eigenvalue weighted by Gasteiger charge is 2.37. The van der Waals surface area contributed by atoms with Gasteiger partial charge in [-0.1, -0.05) is 41.9 Å². The number of nitrogens with zero attached hydrogens (tertiary/aromatic N) is 2. The molecule has 3 aliphatic rings. The Hall–Kier alpha value is -4.92. The van der Waals surface area contributed by atoms with Crippen molar-refractivity contribution < 1.29 is 32.2 Å². The first-order valence-corrected chi connectivity index (χ1v) is 19.3. The molecule has 296 valence electrons. The van der Waals surface area contributed by atoms with E-state index in [1.54, 1.807) is 13.3 Å². The Kier molecular flexibility index (Phi) is 12.0. The highest BCUT2D eigenvalue weighted by Crippen LogP contribution is 2.44. The van der Waals surface area contributed by atoms with Crippen molar-refractivity contribution in [1.82, 2.24) is 31.2 Å². The molecule has 56 heavy (non-hydrogen) atoms. The minimum Gasteiger partial charge on any atom is -0.496 e. The van der Waals surface area contributed by atoms with Crippen LogP contribution in [0.25, 0.3) is 22.4 Å². The van der Waals surface area contributed by atoms with Gasteiger partial charge in [-0.25, -0.2) is 0 Å². The Bertz CT molecular complexity index is 2100. The number of aromatic nitrogens is 2. The zero-order valence-electron chi connectivity index (χ0n) is 31.2. The number of nitrogens with one attached hydrogen (secondary N) is 5. The number of carbonyl (C=O) groups is 2. The van der Waals surface area contributed by atoms with E-state index in [2.05, 4.69) is 36.6 Å². The van der Waals surface area contributed by atoms with E-state index in [4.69, 9.17) is 21.1 Å². The Morgan fingerprint density at radius 2 is 1.57 bits per heavy atom. The molecule has 0 unspecified atom stereocenters. The van der Waals surface area contributed by atoms with Gasteiger partial charge in [0.25, 0.3) is 0 Å². The average molecular weight is 792 g/mol. The Morgan fingerprint density at radius 3 is 2.21 bits per heavy atom. The van der Waals surface area contributed by atoms with Crippen LogP contribution in [-0.4, -0.2) is 61.2 Å². The van der Waals surface area contributed by atoms with Crippen molar-refractivity contribution in [2.75, 3.05) is 32.6 Å². The van der Waals surface area contributed by atoms with E-state index in [0.717, 1.165) is 52.3 Å². The number of benzene rings is 2. The first kappa shape index (κ1) is 39.3. The fraction of sp³-hybridized carbons (Fsp3) is 0.415. The second-order valence-corrected chi connectivity index (χ2v) is 14.8. The zero-order valence-corrected chi connectivity index (χ0v) is 32.0. The van der Waals surface area contributed by atoms with E-state index in [-0.39, 0.29) is 47.7 Å². The number of hydrogen-bond donors (Lipinski definition) is 5. The molecule has 4 aromatic rings. The Morgan fingerprint density at radius 1 is 0.857 bits per heavy atom. The number of ether oxygens (including phenoxy) is 2. The van der Waals surface area contributed by atoms with Gasteiger partial charge in [0, 0.05) is 79.6 Å². The number of hydrogen-bond acceptors (Lipinski definition) is 9. The van der Waals surface area contributed by atoms with Crippen LogP contribution in [0.15, 0.2) is 54.7 Å². The van der Waals surface area contributed by atoms with Gasteiger partial charge < -0.3 is 36.1 Å². The molecule has 2 aromatic heterocycles. The molecule has 0 saturated carbocycles.